The van der Waals surface area contributed by atoms with E-state index in [9.17, 15) is 4.79 Å². The Morgan fingerprint density at radius 1 is 1.10 bits per heavy atom. The smallest absolute Gasteiger partial charge is 0.256 e. The highest BCUT2D eigenvalue weighted by molar-refractivity contribution is 6.33. The van der Waals surface area contributed by atoms with Gasteiger partial charge in [-0.2, -0.15) is 5.10 Å². The van der Waals surface area contributed by atoms with E-state index in [1.165, 1.54) is 0 Å². The predicted molar refractivity (Wildman–Crippen MR) is 117 cm³/mol. The van der Waals surface area contributed by atoms with Crippen molar-refractivity contribution in [3.8, 4) is 5.69 Å². The SMILES string of the molecule is Cc1nn(-c2ccccc2)c(Cl)c1C(=O)N[C@@H](Cc1ccccc1)Cn1ccnc1. The summed E-state index contributed by atoms with van der Waals surface area (Å²) >= 11 is 6.57. The van der Waals surface area contributed by atoms with Gasteiger partial charge >= 0.3 is 0 Å². The number of aromatic nitrogens is 4. The summed E-state index contributed by atoms with van der Waals surface area (Å²) in [5.74, 6) is -0.235. The van der Waals surface area contributed by atoms with Gasteiger partial charge in [0, 0.05) is 18.9 Å². The van der Waals surface area contributed by atoms with Gasteiger partial charge in [0.2, 0.25) is 0 Å². The number of halogens is 1. The summed E-state index contributed by atoms with van der Waals surface area (Å²) in [4.78, 5) is 17.3. The molecule has 2 heterocycles. The molecule has 0 aliphatic carbocycles. The van der Waals surface area contributed by atoms with Crippen LogP contribution in [0.5, 0.6) is 0 Å². The molecule has 1 atom stereocenters. The maximum atomic E-state index is 13.2. The minimum Gasteiger partial charge on any atom is -0.347 e. The van der Waals surface area contributed by atoms with Crippen LogP contribution in [0.15, 0.2) is 79.4 Å². The van der Waals surface area contributed by atoms with E-state index in [4.69, 9.17) is 11.6 Å². The molecule has 0 bridgehead atoms. The quantitative estimate of drug-likeness (QED) is 0.491. The van der Waals surface area contributed by atoms with Gasteiger partial charge in [-0.25, -0.2) is 9.67 Å². The van der Waals surface area contributed by atoms with Gasteiger partial charge in [0.05, 0.1) is 29.3 Å². The number of nitrogens with one attached hydrogen (secondary N) is 1. The van der Waals surface area contributed by atoms with Gasteiger partial charge in [0.1, 0.15) is 5.15 Å². The first-order chi connectivity index (χ1) is 14.6. The van der Waals surface area contributed by atoms with Crippen molar-refractivity contribution >= 4 is 17.5 Å². The van der Waals surface area contributed by atoms with E-state index in [2.05, 4.69) is 27.5 Å². The van der Waals surface area contributed by atoms with Crippen LogP contribution in [-0.4, -0.2) is 31.3 Å². The number of imidazole rings is 1. The molecule has 0 saturated heterocycles. The van der Waals surface area contributed by atoms with Crippen molar-refractivity contribution in [2.24, 2.45) is 0 Å². The maximum absolute atomic E-state index is 13.2. The third-order valence-corrected chi connectivity index (χ3v) is 5.23. The Bertz CT molecular complexity index is 1110. The molecule has 0 aliphatic heterocycles. The zero-order valence-corrected chi connectivity index (χ0v) is 17.3. The Kier molecular flexibility index (Phi) is 5.95. The molecule has 6 nitrogen and oxygen atoms in total. The van der Waals surface area contributed by atoms with Crippen LogP contribution in [0.25, 0.3) is 5.69 Å². The number of para-hydroxylation sites is 1. The lowest BCUT2D eigenvalue weighted by atomic mass is 10.1. The van der Waals surface area contributed by atoms with E-state index in [-0.39, 0.29) is 11.9 Å². The Hall–Kier alpha value is -3.38. The van der Waals surface area contributed by atoms with Crippen molar-refractivity contribution in [1.29, 1.82) is 0 Å². The molecule has 1 amide bonds. The molecule has 2 aromatic heterocycles. The second kappa shape index (κ2) is 8.97. The summed E-state index contributed by atoms with van der Waals surface area (Å²) in [7, 11) is 0. The molecule has 0 saturated carbocycles. The third-order valence-electron chi connectivity index (χ3n) is 4.88. The van der Waals surface area contributed by atoms with Crippen LogP contribution in [0, 0.1) is 6.92 Å². The molecular formula is C23H22ClN5O. The highest BCUT2D eigenvalue weighted by Gasteiger charge is 2.23. The number of hydrogen-bond donors (Lipinski definition) is 1. The van der Waals surface area contributed by atoms with Crippen molar-refractivity contribution < 1.29 is 4.79 Å². The molecule has 0 unspecified atom stereocenters. The standard InChI is InChI=1S/C23H22ClN5O/c1-17-21(22(24)29(27-17)20-10-6-3-7-11-20)23(30)26-19(15-28-13-12-25-16-28)14-18-8-4-2-5-9-18/h2-13,16,19H,14-15H2,1H3,(H,26,30)/t19-/m0/s1. The Labute approximate surface area is 180 Å². The number of rotatable bonds is 7. The number of nitrogens with zero attached hydrogens (tertiary/aromatic N) is 4. The van der Waals surface area contributed by atoms with Gasteiger partial charge in [-0.05, 0) is 31.0 Å². The normalized spacial score (nSPS) is 11.9. The number of carbonyl (C=O) groups is 1. The van der Waals surface area contributed by atoms with E-state index in [1.54, 1.807) is 24.1 Å². The molecule has 4 aromatic rings. The molecular weight excluding hydrogens is 398 g/mol. The number of hydrogen-bond acceptors (Lipinski definition) is 3. The average molecular weight is 420 g/mol. The summed E-state index contributed by atoms with van der Waals surface area (Å²) in [5, 5.41) is 7.92. The average Bonchev–Trinajstić information content (AvgIpc) is 3.36. The summed E-state index contributed by atoms with van der Waals surface area (Å²) in [6, 6.07) is 19.5. The lowest BCUT2D eigenvalue weighted by Crippen LogP contribution is -2.39. The fourth-order valence-electron chi connectivity index (χ4n) is 3.46. The predicted octanol–water partition coefficient (Wildman–Crippen LogP) is 4.07. The highest BCUT2D eigenvalue weighted by atomic mass is 35.5. The minimum atomic E-state index is -0.235. The monoisotopic (exact) mass is 419 g/mol. The highest BCUT2D eigenvalue weighted by Crippen LogP contribution is 2.23. The molecule has 0 aliphatic rings. The van der Waals surface area contributed by atoms with Crippen LogP contribution in [-0.2, 0) is 13.0 Å². The van der Waals surface area contributed by atoms with Crippen LogP contribution < -0.4 is 5.32 Å². The van der Waals surface area contributed by atoms with Gasteiger partial charge in [-0.3, -0.25) is 4.79 Å². The summed E-state index contributed by atoms with van der Waals surface area (Å²) in [5.41, 5.74) is 2.93. The zero-order valence-electron chi connectivity index (χ0n) is 16.6. The molecule has 7 heteroatoms. The van der Waals surface area contributed by atoms with Crippen molar-refractivity contribution in [2.75, 3.05) is 0 Å². The van der Waals surface area contributed by atoms with Crippen LogP contribution in [0.4, 0.5) is 0 Å². The van der Waals surface area contributed by atoms with E-state index < -0.39 is 0 Å². The van der Waals surface area contributed by atoms with E-state index >= 15 is 0 Å². The Balaban J connectivity index is 1.58. The number of benzene rings is 2. The molecule has 30 heavy (non-hydrogen) atoms. The summed E-state index contributed by atoms with van der Waals surface area (Å²) < 4.78 is 3.55. The first kappa shape index (κ1) is 19.9. The molecule has 0 radical (unpaired) electrons. The summed E-state index contributed by atoms with van der Waals surface area (Å²) in [6.07, 6.45) is 6.05. The topological polar surface area (TPSA) is 64.7 Å². The molecule has 0 fully saturated rings. The second-order valence-electron chi connectivity index (χ2n) is 7.12. The van der Waals surface area contributed by atoms with Crippen molar-refractivity contribution in [1.82, 2.24) is 24.6 Å². The molecule has 4 rings (SSSR count). The largest absolute Gasteiger partial charge is 0.347 e. The van der Waals surface area contributed by atoms with Gasteiger partial charge in [0.15, 0.2) is 0 Å². The molecule has 2 aromatic carbocycles. The van der Waals surface area contributed by atoms with Crippen molar-refractivity contribution in [3.05, 3.63) is 101 Å². The molecule has 0 spiro atoms. The van der Waals surface area contributed by atoms with Gasteiger partial charge in [-0.1, -0.05) is 60.1 Å². The lowest BCUT2D eigenvalue weighted by molar-refractivity contribution is 0.0932. The third kappa shape index (κ3) is 4.44. The Morgan fingerprint density at radius 3 is 2.47 bits per heavy atom. The van der Waals surface area contributed by atoms with Gasteiger partial charge < -0.3 is 9.88 Å². The lowest BCUT2D eigenvalue weighted by Gasteiger charge is -2.19. The van der Waals surface area contributed by atoms with Crippen LogP contribution in [0.3, 0.4) is 0 Å². The fraction of sp³-hybridized carbons (Fsp3) is 0.174. The fourth-order valence-corrected chi connectivity index (χ4v) is 3.82. The maximum Gasteiger partial charge on any atom is 0.256 e. The van der Waals surface area contributed by atoms with Crippen LogP contribution in [0.1, 0.15) is 21.6 Å². The number of aryl methyl sites for hydroxylation is 1. The molecule has 1 N–H and O–H groups in total. The first-order valence-corrected chi connectivity index (χ1v) is 10.1. The molecule has 152 valence electrons. The first-order valence-electron chi connectivity index (χ1n) is 9.73. The van der Waals surface area contributed by atoms with Crippen molar-refractivity contribution in [3.63, 3.8) is 0 Å². The number of carbonyl (C=O) groups excluding carboxylic acids is 1. The van der Waals surface area contributed by atoms with Crippen LogP contribution >= 0.6 is 11.6 Å². The van der Waals surface area contributed by atoms with E-state index in [0.717, 1.165) is 11.3 Å². The second-order valence-corrected chi connectivity index (χ2v) is 7.48. The zero-order chi connectivity index (χ0) is 20.9. The van der Waals surface area contributed by atoms with Crippen LogP contribution in [0.2, 0.25) is 5.15 Å². The Morgan fingerprint density at radius 2 is 1.80 bits per heavy atom. The minimum absolute atomic E-state index is 0.135. The van der Waals surface area contributed by atoms with Gasteiger partial charge in [-0.15, -0.1) is 0 Å². The van der Waals surface area contributed by atoms with Crippen molar-refractivity contribution in [2.45, 2.75) is 25.9 Å². The number of amides is 1. The van der Waals surface area contributed by atoms with Gasteiger partial charge in [0.25, 0.3) is 5.91 Å². The summed E-state index contributed by atoms with van der Waals surface area (Å²) in [6.45, 7) is 2.40. The van der Waals surface area contributed by atoms with E-state index in [1.807, 2.05) is 59.3 Å². The van der Waals surface area contributed by atoms with E-state index in [0.29, 0.717) is 29.4 Å².